The molecule has 0 aromatic rings. The zero-order chi connectivity index (χ0) is 14.5. The third-order valence-corrected chi connectivity index (χ3v) is 5.42. The number of nitrogens with zero attached hydrogens (tertiary/aromatic N) is 1. The van der Waals surface area contributed by atoms with Crippen molar-refractivity contribution in [3.63, 3.8) is 0 Å². The van der Waals surface area contributed by atoms with Gasteiger partial charge in [-0.3, -0.25) is 9.69 Å². The Kier molecular flexibility index (Phi) is 5.85. The van der Waals surface area contributed by atoms with Crippen molar-refractivity contribution in [3.8, 4) is 0 Å². The number of rotatable bonds is 4. The fraction of sp³-hybridized carbons (Fsp3) is 0.938. The standard InChI is InChI=1S/C16H31N3O/c1-12-5-4-6-15(13(12)2)18-16(20)11-19-9-7-14(17-3)8-10-19/h12-15,17H,4-11H2,1-3H3,(H,18,20). The normalized spacial score (nSPS) is 33.0. The molecule has 3 atom stereocenters. The number of carbonyl (C=O) groups excluding carboxylic acids is 1. The van der Waals surface area contributed by atoms with Crippen LogP contribution >= 0.6 is 0 Å². The van der Waals surface area contributed by atoms with Gasteiger partial charge in [0.05, 0.1) is 6.54 Å². The second kappa shape index (κ2) is 7.41. The van der Waals surface area contributed by atoms with Crippen LogP contribution in [0.5, 0.6) is 0 Å². The van der Waals surface area contributed by atoms with Crippen molar-refractivity contribution >= 4 is 5.91 Å². The predicted octanol–water partition coefficient (Wildman–Crippen LogP) is 1.61. The summed E-state index contributed by atoms with van der Waals surface area (Å²) in [7, 11) is 2.03. The first-order valence-electron chi connectivity index (χ1n) is 8.29. The Hall–Kier alpha value is -0.610. The Labute approximate surface area is 123 Å². The molecule has 0 bridgehead atoms. The minimum atomic E-state index is 0.221. The Morgan fingerprint density at radius 3 is 2.50 bits per heavy atom. The molecule has 0 spiro atoms. The zero-order valence-electron chi connectivity index (χ0n) is 13.3. The van der Waals surface area contributed by atoms with Crippen molar-refractivity contribution in [2.45, 2.75) is 58.0 Å². The van der Waals surface area contributed by atoms with Gasteiger partial charge in [-0.05, 0) is 38.1 Å². The molecule has 0 radical (unpaired) electrons. The van der Waals surface area contributed by atoms with Crippen molar-refractivity contribution in [2.75, 3.05) is 26.7 Å². The molecule has 1 heterocycles. The van der Waals surface area contributed by atoms with Crippen molar-refractivity contribution in [3.05, 3.63) is 0 Å². The summed E-state index contributed by atoms with van der Waals surface area (Å²) in [6.07, 6.45) is 6.02. The van der Waals surface area contributed by atoms with Gasteiger partial charge in [-0.2, -0.15) is 0 Å². The summed E-state index contributed by atoms with van der Waals surface area (Å²) in [6, 6.07) is 1.02. The molecule has 0 aromatic carbocycles. The minimum Gasteiger partial charge on any atom is -0.352 e. The molecule has 2 fully saturated rings. The first-order chi connectivity index (χ1) is 9.60. The fourth-order valence-electron chi connectivity index (χ4n) is 3.62. The number of carbonyl (C=O) groups is 1. The maximum absolute atomic E-state index is 12.2. The van der Waals surface area contributed by atoms with E-state index in [1.54, 1.807) is 0 Å². The topological polar surface area (TPSA) is 44.4 Å². The van der Waals surface area contributed by atoms with E-state index in [1.807, 2.05) is 7.05 Å². The van der Waals surface area contributed by atoms with Crippen molar-refractivity contribution in [2.24, 2.45) is 11.8 Å². The number of nitrogens with one attached hydrogen (secondary N) is 2. The smallest absolute Gasteiger partial charge is 0.234 e. The van der Waals surface area contributed by atoms with Crippen LogP contribution in [-0.2, 0) is 4.79 Å². The third kappa shape index (κ3) is 4.19. The number of piperidine rings is 1. The molecule has 2 rings (SSSR count). The van der Waals surface area contributed by atoms with E-state index in [0.29, 0.717) is 24.5 Å². The van der Waals surface area contributed by atoms with E-state index < -0.39 is 0 Å². The molecule has 3 unspecified atom stereocenters. The summed E-state index contributed by atoms with van der Waals surface area (Å²) in [5, 5.41) is 6.60. The van der Waals surface area contributed by atoms with E-state index in [4.69, 9.17) is 0 Å². The van der Waals surface area contributed by atoms with E-state index in [9.17, 15) is 4.79 Å². The third-order valence-electron chi connectivity index (χ3n) is 5.42. The van der Waals surface area contributed by atoms with E-state index >= 15 is 0 Å². The van der Waals surface area contributed by atoms with Gasteiger partial charge >= 0.3 is 0 Å². The molecule has 1 saturated heterocycles. The summed E-state index contributed by atoms with van der Waals surface area (Å²) in [5.41, 5.74) is 0. The van der Waals surface area contributed by atoms with Crippen molar-refractivity contribution in [1.82, 2.24) is 15.5 Å². The van der Waals surface area contributed by atoms with Crippen LogP contribution in [0, 0.1) is 11.8 Å². The van der Waals surface area contributed by atoms with Gasteiger partial charge in [-0.1, -0.05) is 26.7 Å². The highest BCUT2D eigenvalue weighted by Crippen LogP contribution is 2.29. The monoisotopic (exact) mass is 281 g/mol. The second-order valence-corrected chi connectivity index (χ2v) is 6.78. The molecule has 1 aliphatic heterocycles. The zero-order valence-corrected chi connectivity index (χ0v) is 13.3. The second-order valence-electron chi connectivity index (χ2n) is 6.78. The Balaban J connectivity index is 1.72. The van der Waals surface area contributed by atoms with Gasteiger partial charge in [0.25, 0.3) is 0 Å². The Morgan fingerprint density at radius 2 is 1.85 bits per heavy atom. The van der Waals surface area contributed by atoms with Crippen LogP contribution in [-0.4, -0.2) is 49.6 Å². The molecule has 2 aliphatic rings. The number of hydrogen-bond acceptors (Lipinski definition) is 3. The maximum Gasteiger partial charge on any atom is 0.234 e. The van der Waals surface area contributed by atoms with Crippen LogP contribution in [0.1, 0.15) is 46.0 Å². The number of amides is 1. The summed E-state index contributed by atoms with van der Waals surface area (Å²) < 4.78 is 0. The highest BCUT2D eigenvalue weighted by Gasteiger charge is 2.28. The molecule has 20 heavy (non-hydrogen) atoms. The quantitative estimate of drug-likeness (QED) is 0.823. The van der Waals surface area contributed by atoms with Crippen LogP contribution in [0.25, 0.3) is 0 Å². The summed E-state index contributed by atoms with van der Waals surface area (Å²) in [4.78, 5) is 14.5. The average molecular weight is 281 g/mol. The fourth-order valence-corrected chi connectivity index (χ4v) is 3.62. The Morgan fingerprint density at radius 1 is 1.15 bits per heavy atom. The number of hydrogen-bond donors (Lipinski definition) is 2. The average Bonchev–Trinajstić information content (AvgIpc) is 2.45. The molecule has 116 valence electrons. The molecule has 1 saturated carbocycles. The lowest BCUT2D eigenvalue weighted by Gasteiger charge is -2.36. The van der Waals surface area contributed by atoms with Gasteiger partial charge in [0.15, 0.2) is 0 Å². The first kappa shape index (κ1) is 15.8. The van der Waals surface area contributed by atoms with E-state index in [1.165, 1.54) is 12.8 Å². The van der Waals surface area contributed by atoms with Gasteiger partial charge in [-0.15, -0.1) is 0 Å². The minimum absolute atomic E-state index is 0.221. The maximum atomic E-state index is 12.2. The summed E-state index contributed by atoms with van der Waals surface area (Å²) >= 11 is 0. The van der Waals surface area contributed by atoms with E-state index in [0.717, 1.165) is 38.3 Å². The molecule has 0 aromatic heterocycles. The van der Waals surface area contributed by atoms with Gasteiger partial charge in [0.1, 0.15) is 0 Å². The van der Waals surface area contributed by atoms with Crippen molar-refractivity contribution < 1.29 is 4.79 Å². The molecule has 1 aliphatic carbocycles. The molecular formula is C16H31N3O. The highest BCUT2D eigenvalue weighted by atomic mass is 16.2. The lowest BCUT2D eigenvalue weighted by atomic mass is 9.78. The summed E-state index contributed by atoms with van der Waals surface area (Å²) in [6.45, 7) is 7.25. The predicted molar refractivity (Wildman–Crippen MR) is 82.6 cm³/mol. The van der Waals surface area contributed by atoms with Crippen LogP contribution in [0.3, 0.4) is 0 Å². The van der Waals surface area contributed by atoms with Crippen molar-refractivity contribution in [1.29, 1.82) is 0 Å². The van der Waals surface area contributed by atoms with Gasteiger partial charge in [-0.25, -0.2) is 0 Å². The van der Waals surface area contributed by atoms with E-state index in [-0.39, 0.29) is 5.91 Å². The lowest BCUT2D eigenvalue weighted by Crippen LogP contribution is -2.49. The van der Waals surface area contributed by atoms with Crippen LogP contribution in [0.15, 0.2) is 0 Å². The Bertz CT molecular complexity index is 313. The largest absolute Gasteiger partial charge is 0.352 e. The highest BCUT2D eigenvalue weighted by molar-refractivity contribution is 5.78. The number of likely N-dealkylation sites (tertiary alicyclic amines) is 1. The van der Waals surface area contributed by atoms with Gasteiger partial charge in [0.2, 0.25) is 5.91 Å². The summed E-state index contributed by atoms with van der Waals surface area (Å²) in [5.74, 6) is 1.57. The lowest BCUT2D eigenvalue weighted by molar-refractivity contribution is -0.124. The van der Waals surface area contributed by atoms with Crippen LogP contribution < -0.4 is 10.6 Å². The van der Waals surface area contributed by atoms with Gasteiger partial charge in [0, 0.05) is 25.2 Å². The molecule has 4 heteroatoms. The molecular weight excluding hydrogens is 250 g/mol. The molecule has 4 nitrogen and oxygen atoms in total. The van der Waals surface area contributed by atoms with Gasteiger partial charge < -0.3 is 10.6 Å². The first-order valence-corrected chi connectivity index (χ1v) is 8.29. The van der Waals surface area contributed by atoms with Crippen LogP contribution in [0.2, 0.25) is 0 Å². The molecule has 2 N–H and O–H groups in total. The van der Waals surface area contributed by atoms with Crippen LogP contribution in [0.4, 0.5) is 0 Å². The SMILES string of the molecule is CNC1CCN(CC(=O)NC2CCCC(C)C2C)CC1. The molecule has 1 amide bonds. The van der Waals surface area contributed by atoms with E-state index in [2.05, 4.69) is 29.4 Å².